The SMILES string of the molecule is CCC(CC)OC(N)=S.NC(=O)S.[Cu]. The summed E-state index contributed by atoms with van der Waals surface area (Å²) in [5.41, 5.74) is 9.49. The van der Waals surface area contributed by atoms with E-state index in [0.29, 0.717) is 0 Å². The van der Waals surface area contributed by atoms with E-state index in [4.69, 9.17) is 15.3 Å². The molecule has 4 N–H and O–H groups in total. The maximum absolute atomic E-state index is 9.09. The summed E-state index contributed by atoms with van der Waals surface area (Å²) in [5.74, 6) is 0. The number of amides is 1. The fourth-order valence-electron chi connectivity index (χ4n) is 0.620. The number of rotatable bonds is 3. The number of ether oxygens (including phenoxy) is 1. The molecule has 0 bridgehead atoms. The summed E-state index contributed by atoms with van der Waals surface area (Å²) in [7, 11) is 0. The third-order valence-electron chi connectivity index (χ3n) is 1.19. The summed E-state index contributed by atoms with van der Waals surface area (Å²) in [6.45, 7) is 4.10. The Morgan fingerprint density at radius 2 is 1.71 bits per heavy atom. The van der Waals surface area contributed by atoms with Crippen LogP contribution in [-0.4, -0.2) is 16.5 Å². The predicted octanol–water partition coefficient (Wildman–Crippen LogP) is 1.43. The van der Waals surface area contributed by atoms with Gasteiger partial charge in [0.2, 0.25) is 0 Å². The summed E-state index contributed by atoms with van der Waals surface area (Å²) < 4.78 is 5.06. The molecule has 0 fully saturated rings. The van der Waals surface area contributed by atoms with E-state index < -0.39 is 5.24 Å². The number of hydrogen-bond donors (Lipinski definition) is 3. The van der Waals surface area contributed by atoms with Gasteiger partial charge < -0.3 is 16.2 Å². The molecule has 0 atom stereocenters. The molecule has 0 unspecified atom stereocenters. The molecule has 7 heteroatoms. The van der Waals surface area contributed by atoms with Gasteiger partial charge in [0.1, 0.15) is 6.10 Å². The Hall–Kier alpha value is 0.0295. The second-order valence-corrected chi connectivity index (χ2v) is 3.06. The zero-order valence-corrected chi connectivity index (χ0v) is 10.8. The fourth-order valence-corrected chi connectivity index (χ4v) is 0.756. The molecule has 89 valence electrons. The molecule has 0 aromatic carbocycles. The van der Waals surface area contributed by atoms with Crippen molar-refractivity contribution in [2.75, 3.05) is 0 Å². The molecule has 0 spiro atoms. The number of carbonyl (C=O) groups excluding carboxylic acids is 1. The molecular formula is C7H16CuN2O2S2. The Bertz CT molecular complexity index is 162. The maximum atomic E-state index is 9.09. The van der Waals surface area contributed by atoms with Gasteiger partial charge in [-0.15, -0.1) is 0 Å². The summed E-state index contributed by atoms with van der Waals surface area (Å²) in [6, 6.07) is 0. The number of carbonyl (C=O) groups is 1. The van der Waals surface area contributed by atoms with Crippen molar-refractivity contribution in [3.8, 4) is 0 Å². The van der Waals surface area contributed by atoms with Crippen LogP contribution in [-0.2, 0) is 21.8 Å². The summed E-state index contributed by atoms with van der Waals surface area (Å²) in [6.07, 6.45) is 2.14. The van der Waals surface area contributed by atoms with Crippen LogP contribution in [0.25, 0.3) is 0 Å². The van der Waals surface area contributed by atoms with Crippen molar-refractivity contribution < 1.29 is 26.6 Å². The molecule has 1 amide bonds. The smallest absolute Gasteiger partial charge is 0.273 e. The van der Waals surface area contributed by atoms with Crippen LogP contribution in [0, 0.1) is 0 Å². The van der Waals surface area contributed by atoms with Gasteiger partial charge in [0, 0.05) is 17.1 Å². The topological polar surface area (TPSA) is 78.3 Å². The maximum Gasteiger partial charge on any atom is 0.273 e. The van der Waals surface area contributed by atoms with Crippen molar-refractivity contribution >= 4 is 35.3 Å². The zero-order chi connectivity index (χ0) is 10.9. The fraction of sp³-hybridized carbons (Fsp3) is 0.714. The van der Waals surface area contributed by atoms with E-state index in [2.05, 4.69) is 30.6 Å². The molecular weight excluding hydrogens is 272 g/mol. The van der Waals surface area contributed by atoms with Gasteiger partial charge in [-0.1, -0.05) is 26.5 Å². The Labute approximate surface area is 106 Å². The van der Waals surface area contributed by atoms with E-state index in [1.807, 2.05) is 13.8 Å². The molecule has 4 nitrogen and oxygen atoms in total. The van der Waals surface area contributed by atoms with Gasteiger partial charge in [0.25, 0.3) is 10.4 Å². The molecule has 1 radical (unpaired) electrons. The summed E-state index contributed by atoms with van der Waals surface area (Å²) in [5, 5.41) is -0.483. The molecule has 0 rings (SSSR count). The first-order chi connectivity index (χ1) is 5.93. The Morgan fingerprint density at radius 3 is 1.79 bits per heavy atom. The van der Waals surface area contributed by atoms with Crippen molar-refractivity contribution in [1.82, 2.24) is 0 Å². The van der Waals surface area contributed by atoms with Gasteiger partial charge in [0.15, 0.2) is 0 Å². The van der Waals surface area contributed by atoms with Crippen LogP contribution in [0.3, 0.4) is 0 Å². The number of hydrogen-bond acceptors (Lipinski definition) is 3. The predicted molar refractivity (Wildman–Crippen MR) is 60.8 cm³/mol. The minimum Gasteiger partial charge on any atom is -0.468 e. The van der Waals surface area contributed by atoms with E-state index in [-0.39, 0.29) is 28.3 Å². The van der Waals surface area contributed by atoms with Gasteiger partial charge in [-0.25, -0.2) is 0 Å². The second-order valence-electron chi connectivity index (χ2n) is 2.21. The van der Waals surface area contributed by atoms with Crippen molar-refractivity contribution in [2.24, 2.45) is 11.5 Å². The Balaban J connectivity index is -0.000000209. The molecule has 0 saturated heterocycles. The normalized spacial score (nSPS) is 8.00. The minimum absolute atomic E-state index is 0. The largest absolute Gasteiger partial charge is 0.468 e. The van der Waals surface area contributed by atoms with E-state index in [1.54, 1.807) is 0 Å². The third kappa shape index (κ3) is 22.7. The van der Waals surface area contributed by atoms with Crippen molar-refractivity contribution in [3.63, 3.8) is 0 Å². The molecule has 0 aliphatic carbocycles. The summed E-state index contributed by atoms with van der Waals surface area (Å²) in [4.78, 5) is 9.09. The summed E-state index contributed by atoms with van der Waals surface area (Å²) >= 11 is 7.66. The van der Waals surface area contributed by atoms with E-state index in [9.17, 15) is 0 Å². The Kier molecular flexibility index (Phi) is 18.2. The third-order valence-corrected chi connectivity index (χ3v) is 1.29. The van der Waals surface area contributed by atoms with Gasteiger partial charge in [-0.3, -0.25) is 4.79 Å². The van der Waals surface area contributed by atoms with E-state index in [1.165, 1.54) is 0 Å². The van der Waals surface area contributed by atoms with Gasteiger partial charge >= 0.3 is 0 Å². The first kappa shape index (κ1) is 19.6. The van der Waals surface area contributed by atoms with Crippen molar-refractivity contribution in [1.29, 1.82) is 0 Å². The number of thiol groups is 1. The van der Waals surface area contributed by atoms with Crippen LogP contribution >= 0.6 is 24.8 Å². The van der Waals surface area contributed by atoms with Crippen molar-refractivity contribution in [3.05, 3.63) is 0 Å². The average molecular weight is 288 g/mol. The van der Waals surface area contributed by atoms with Crippen LogP contribution in [0.5, 0.6) is 0 Å². The quantitative estimate of drug-likeness (QED) is 0.417. The molecule has 0 aromatic heterocycles. The Morgan fingerprint density at radius 1 is 1.43 bits per heavy atom. The zero-order valence-electron chi connectivity index (χ0n) is 8.12. The van der Waals surface area contributed by atoms with Gasteiger partial charge in [-0.2, -0.15) is 0 Å². The van der Waals surface area contributed by atoms with Crippen LogP contribution < -0.4 is 11.5 Å². The number of thiocarbonyl (C=S) groups is 1. The van der Waals surface area contributed by atoms with Crippen LogP contribution in [0.1, 0.15) is 26.7 Å². The van der Waals surface area contributed by atoms with Crippen LogP contribution in [0.15, 0.2) is 0 Å². The average Bonchev–Trinajstić information content (AvgIpc) is 1.98. The molecule has 14 heavy (non-hydrogen) atoms. The monoisotopic (exact) mass is 287 g/mol. The van der Waals surface area contributed by atoms with Crippen LogP contribution in [0.4, 0.5) is 4.79 Å². The van der Waals surface area contributed by atoms with E-state index in [0.717, 1.165) is 12.8 Å². The first-order valence-electron chi connectivity index (χ1n) is 3.88. The van der Waals surface area contributed by atoms with Gasteiger partial charge in [-0.05, 0) is 25.1 Å². The number of primary amides is 1. The molecule has 0 aromatic rings. The minimum atomic E-state index is -0.639. The molecule has 0 aliphatic rings. The first-order valence-corrected chi connectivity index (χ1v) is 4.74. The van der Waals surface area contributed by atoms with Crippen molar-refractivity contribution in [2.45, 2.75) is 32.8 Å². The standard InChI is InChI=1S/C6H13NOS.CH3NOS.Cu/c1-3-5(4-2)8-6(7)9;2-1(3)4;/h5H,3-4H2,1-2H3,(H2,7,9);(H3,2,3,4);. The van der Waals surface area contributed by atoms with E-state index >= 15 is 0 Å². The number of nitrogens with two attached hydrogens (primary N) is 2. The second kappa shape index (κ2) is 13.0. The van der Waals surface area contributed by atoms with Crippen LogP contribution in [0.2, 0.25) is 0 Å². The van der Waals surface area contributed by atoms with Gasteiger partial charge in [0.05, 0.1) is 0 Å². The molecule has 0 saturated carbocycles. The molecule has 0 heterocycles. The molecule has 0 aliphatic heterocycles.